The number of carboxylic acids is 1. The van der Waals surface area contributed by atoms with Gasteiger partial charge in [0.05, 0.1) is 5.56 Å². The molecule has 0 unspecified atom stereocenters. The number of halogens is 1. The van der Waals surface area contributed by atoms with Crippen LogP contribution in [0.15, 0.2) is 24.3 Å². The van der Waals surface area contributed by atoms with Gasteiger partial charge < -0.3 is 10.4 Å². The van der Waals surface area contributed by atoms with Gasteiger partial charge in [0, 0.05) is 17.4 Å². The number of anilines is 1. The molecule has 0 spiro atoms. The molecule has 5 heteroatoms. The lowest BCUT2D eigenvalue weighted by atomic mass is 10.2. The number of unbranched alkanes of at least 4 members (excludes halogenated alkanes) is 1. The van der Waals surface area contributed by atoms with Crippen molar-refractivity contribution in [1.82, 2.24) is 0 Å². The van der Waals surface area contributed by atoms with Gasteiger partial charge in [-0.25, -0.2) is 4.79 Å². The number of alkyl halides is 1. The molecule has 0 aromatic heterocycles. The summed E-state index contributed by atoms with van der Waals surface area (Å²) in [6.07, 6.45) is 2.21. The van der Waals surface area contributed by atoms with Crippen molar-refractivity contribution >= 4 is 33.5 Å². The molecule has 0 heterocycles. The van der Waals surface area contributed by atoms with E-state index in [1.807, 2.05) is 0 Å². The second-order valence-corrected chi connectivity index (χ2v) is 4.37. The number of hydrogen-bond donors (Lipinski definition) is 2. The Morgan fingerprint density at radius 1 is 1.29 bits per heavy atom. The van der Waals surface area contributed by atoms with E-state index in [1.165, 1.54) is 12.1 Å². The smallest absolute Gasteiger partial charge is 0.335 e. The zero-order chi connectivity index (χ0) is 12.7. The predicted molar refractivity (Wildman–Crippen MR) is 69.7 cm³/mol. The Bertz CT molecular complexity index is 406. The number of amides is 1. The van der Waals surface area contributed by atoms with E-state index < -0.39 is 5.97 Å². The fourth-order valence-electron chi connectivity index (χ4n) is 1.33. The van der Waals surface area contributed by atoms with Crippen molar-refractivity contribution in [2.24, 2.45) is 0 Å². The van der Waals surface area contributed by atoms with Crippen molar-refractivity contribution in [3.63, 3.8) is 0 Å². The van der Waals surface area contributed by atoms with Crippen molar-refractivity contribution in [2.45, 2.75) is 19.3 Å². The van der Waals surface area contributed by atoms with Gasteiger partial charge in [0.1, 0.15) is 0 Å². The topological polar surface area (TPSA) is 66.4 Å². The third-order valence-electron chi connectivity index (χ3n) is 2.18. The summed E-state index contributed by atoms with van der Waals surface area (Å²) in [4.78, 5) is 22.2. The summed E-state index contributed by atoms with van der Waals surface area (Å²) < 4.78 is 0. The molecule has 0 saturated heterocycles. The minimum Gasteiger partial charge on any atom is -0.478 e. The summed E-state index contributed by atoms with van der Waals surface area (Å²) in [5, 5.41) is 12.4. The molecule has 4 nitrogen and oxygen atoms in total. The molecule has 0 saturated carbocycles. The first-order chi connectivity index (χ1) is 8.13. The second-order valence-electron chi connectivity index (χ2n) is 3.58. The molecule has 0 bridgehead atoms. The number of hydrogen-bond acceptors (Lipinski definition) is 2. The van der Waals surface area contributed by atoms with Gasteiger partial charge in [0.2, 0.25) is 5.91 Å². The van der Waals surface area contributed by atoms with E-state index in [0.29, 0.717) is 12.1 Å². The van der Waals surface area contributed by atoms with Crippen LogP contribution >= 0.6 is 15.9 Å². The molecule has 0 aliphatic heterocycles. The SMILES string of the molecule is O=C(CCCCBr)Nc1cccc(C(=O)O)c1. The van der Waals surface area contributed by atoms with Crippen LogP contribution in [0.25, 0.3) is 0 Å². The quantitative estimate of drug-likeness (QED) is 0.627. The van der Waals surface area contributed by atoms with E-state index in [1.54, 1.807) is 12.1 Å². The molecular weight excluding hydrogens is 286 g/mol. The highest BCUT2D eigenvalue weighted by Gasteiger charge is 2.05. The lowest BCUT2D eigenvalue weighted by molar-refractivity contribution is -0.116. The maximum atomic E-state index is 11.5. The number of carboxylic acid groups (broad SMARTS) is 1. The van der Waals surface area contributed by atoms with E-state index in [9.17, 15) is 9.59 Å². The Balaban J connectivity index is 2.53. The van der Waals surface area contributed by atoms with E-state index in [2.05, 4.69) is 21.2 Å². The minimum atomic E-state index is -1.000. The maximum absolute atomic E-state index is 11.5. The first-order valence-electron chi connectivity index (χ1n) is 5.32. The molecule has 0 aliphatic carbocycles. The zero-order valence-corrected chi connectivity index (χ0v) is 10.9. The first-order valence-corrected chi connectivity index (χ1v) is 6.45. The monoisotopic (exact) mass is 299 g/mol. The van der Waals surface area contributed by atoms with Crippen LogP contribution in [0.1, 0.15) is 29.6 Å². The van der Waals surface area contributed by atoms with Crippen molar-refractivity contribution in [3.05, 3.63) is 29.8 Å². The van der Waals surface area contributed by atoms with Crippen LogP contribution in [0.2, 0.25) is 0 Å². The van der Waals surface area contributed by atoms with Gasteiger partial charge in [-0.1, -0.05) is 22.0 Å². The zero-order valence-electron chi connectivity index (χ0n) is 9.28. The van der Waals surface area contributed by atoms with Gasteiger partial charge in [-0.05, 0) is 31.0 Å². The van der Waals surface area contributed by atoms with Gasteiger partial charge >= 0.3 is 5.97 Å². The largest absolute Gasteiger partial charge is 0.478 e. The normalized spacial score (nSPS) is 9.94. The summed E-state index contributed by atoms with van der Waals surface area (Å²) in [6.45, 7) is 0. The van der Waals surface area contributed by atoms with Crippen LogP contribution in [0.3, 0.4) is 0 Å². The highest BCUT2D eigenvalue weighted by Crippen LogP contribution is 2.11. The Labute approximate surface area is 108 Å². The van der Waals surface area contributed by atoms with Crippen molar-refractivity contribution in [3.8, 4) is 0 Å². The molecule has 1 aromatic rings. The van der Waals surface area contributed by atoms with Gasteiger partial charge in [-0.15, -0.1) is 0 Å². The Morgan fingerprint density at radius 2 is 2.06 bits per heavy atom. The van der Waals surface area contributed by atoms with Crippen LogP contribution in [0.4, 0.5) is 5.69 Å². The Morgan fingerprint density at radius 3 is 2.71 bits per heavy atom. The lowest BCUT2D eigenvalue weighted by Crippen LogP contribution is -2.11. The van der Waals surface area contributed by atoms with Gasteiger partial charge in [-0.3, -0.25) is 4.79 Å². The van der Waals surface area contributed by atoms with Crippen LogP contribution in [-0.4, -0.2) is 22.3 Å². The van der Waals surface area contributed by atoms with E-state index >= 15 is 0 Å². The molecule has 0 atom stereocenters. The highest BCUT2D eigenvalue weighted by molar-refractivity contribution is 9.09. The van der Waals surface area contributed by atoms with Gasteiger partial charge in [0.25, 0.3) is 0 Å². The predicted octanol–water partition coefficient (Wildman–Crippen LogP) is 2.89. The average Bonchev–Trinajstić information content (AvgIpc) is 2.29. The molecule has 17 heavy (non-hydrogen) atoms. The molecule has 2 N–H and O–H groups in total. The van der Waals surface area contributed by atoms with E-state index in [4.69, 9.17) is 5.11 Å². The standard InChI is InChI=1S/C12H14BrNO3/c13-7-2-1-6-11(15)14-10-5-3-4-9(8-10)12(16)17/h3-5,8H,1-2,6-7H2,(H,14,15)(H,16,17). The molecule has 0 fully saturated rings. The number of rotatable bonds is 6. The number of nitrogens with one attached hydrogen (secondary N) is 1. The summed E-state index contributed by atoms with van der Waals surface area (Å²) in [5.41, 5.74) is 0.692. The number of benzene rings is 1. The average molecular weight is 300 g/mol. The number of aromatic carboxylic acids is 1. The first kappa shape index (κ1) is 13.7. The molecular formula is C12H14BrNO3. The molecule has 1 rings (SSSR count). The van der Waals surface area contributed by atoms with Crippen LogP contribution in [0.5, 0.6) is 0 Å². The molecule has 92 valence electrons. The van der Waals surface area contributed by atoms with E-state index in [-0.39, 0.29) is 11.5 Å². The summed E-state index contributed by atoms with van der Waals surface area (Å²) in [7, 11) is 0. The fourth-order valence-corrected chi connectivity index (χ4v) is 1.73. The Hall–Kier alpha value is -1.36. The third kappa shape index (κ3) is 4.99. The molecule has 1 aromatic carbocycles. The molecule has 0 aliphatic rings. The summed E-state index contributed by atoms with van der Waals surface area (Å²) in [5.74, 6) is -1.09. The van der Waals surface area contributed by atoms with Crippen molar-refractivity contribution in [1.29, 1.82) is 0 Å². The maximum Gasteiger partial charge on any atom is 0.335 e. The van der Waals surface area contributed by atoms with Crippen LogP contribution in [-0.2, 0) is 4.79 Å². The third-order valence-corrected chi connectivity index (χ3v) is 2.74. The highest BCUT2D eigenvalue weighted by atomic mass is 79.9. The molecule has 1 amide bonds. The lowest BCUT2D eigenvalue weighted by Gasteiger charge is -2.05. The Kier molecular flexibility index (Phi) is 5.69. The van der Waals surface area contributed by atoms with Crippen LogP contribution < -0.4 is 5.32 Å². The number of carbonyl (C=O) groups excluding carboxylic acids is 1. The number of carbonyl (C=O) groups is 2. The van der Waals surface area contributed by atoms with Gasteiger partial charge in [-0.2, -0.15) is 0 Å². The summed E-state index contributed by atoms with van der Waals surface area (Å²) in [6, 6.07) is 6.22. The van der Waals surface area contributed by atoms with E-state index in [0.717, 1.165) is 18.2 Å². The minimum absolute atomic E-state index is 0.0894. The van der Waals surface area contributed by atoms with Gasteiger partial charge in [0.15, 0.2) is 0 Å². The molecule has 0 radical (unpaired) electrons. The van der Waals surface area contributed by atoms with Crippen molar-refractivity contribution in [2.75, 3.05) is 10.6 Å². The fraction of sp³-hybridized carbons (Fsp3) is 0.333. The van der Waals surface area contributed by atoms with Crippen molar-refractivity contribution < 1.29 is 14.7 Å². The summed E-state index contributed by atoms with van der Waals surface area (Å²) >= 11 is 3.29. The van der Waals surface area contributed by atoms with Crippen LogP contribution in [0, 0.1) is 0 Å². The second kappa shape index (κ2) is 7.06.